The van der Waals surface area contributed by atoms with Crippen molar-refractivity contribution in [1.82, 2.24) is 5.32 Å². The largest absolute Gasteiger partial charge is 0.522 e. The first-order chi connectivity index (χ1) is 6.95. The number of hydrogen-bond acceptors (Lipinski definition) is 3. The lowest BCUT2D eigenvalue weighted by Gasteiger charge is -2.10. The third-order valence-electron chi connectivity index (χ3n) is 1.53. The maximum atomic E-state index is 11.5. The summed E-state index contributed by atoms with van der Waals surface area (Å²) in [6.45, 7) is 0.734. The van der Waals surface area contributed by atoms with E-state index in [1.165, 1.54) is 0 Å². The van der Waals surface area contributed by atoms with E-state index in [0.717, 1.165) is 0 Å². The van der Waals surface area contributed by atoms with Crippen molar-refractivity contribution in [2.45, 2.75) is 18.2 Å². The maximum absolute atomic E-state index is 11.5. The zero-order valence-corrected chi connectivity index (χ0v) is 9.20. The molecule has 0 saturated carbocycles. The van der Waals surface area contributed by atoms with Crippen molar-refractivity contribution in [1.29, 1.82) is 0 Å². The van der Waals surface area contributed by atoms with E-state index in [0.29, 0.717) is 19.6 Å². The van der Waals surface area contributed by atoms with Crippen LogP contribution >= 0.6 is 11.6 Å². The Kier molecular flexibility index (Phi) is 8.13. The molecular formula is C8H15ClF3NO2. The molecule has 0 radical (unpaired) electrons. The van der Waals surface area contributed by atoms with Gasteiger partial charge in [0.2, 0.25) is 0 Å². The average molecular weight is 250 g/mol. The predicted octanol–water partition coefficient (Wildman–Crippen LogP) is 1.76. The smallest absolute Gasteiger partial charge is 0.383 e. The monoisotopic (exact) mass is 249 g/mol. The van der Waals surface area contributed by atoms with Crippen molar-refractivity contribution in [2.24, 2.45) is 0 Å². The molecule has 0 aromatic carbocycles. The number of methoxy groups -OCH3 is 1. The van der Waals surface area contributed by atoms with E-state index in [-0.39, 0.29) is 18.5 Å². The Labute approximate surface area is 91.9 Å². The van der Waals surface area contributed by atoms with Gasteiger partial charge < -0.3 is 10.1 Å². The van der Waals surface area contributed by atoms with E-state index < -0.39 is 6.36 Å². The van der Waals surface area contributed by atoms with Crippen molar-refractivity contribution in [3.8, 4) is 0 Å². The molecule has 0 aliphatic heterocycles. The lowest BCUT2D eigenvalue weighted by molar-refractivity contribution is -0.323. The third-order valence-corrected chi connectivity index (χ3v) is 1.87. The van der Waals surface area contributed by atoms with Gasteiger partial charge in [-0.25, -0.2) is 0 Å². The molecule has 0 rings (SSSR count). The molecule has 3 nitrogen and oxygen atoms in total. The Bertz CT molecular complexity index is 157. The zero-order chi connectivity index (χ0) is 11.7. The number of halogens is 4. The van der Waals surface area contributed by atoms with Gasteiger partial charge in [0.25, 0.3) is 0 Å². The van der Waals surface area contributed by atoms with Crippen molar-refractivity contribution >= 4 is 11.6 Å². The molecule has 0 aliphatic carbocycles. The summed E-state index contributed by atoms with van der Waals surface area (Å²) in [6.07, 6.45) is -3.91. The molecule has 1 N–H and O–H groups in total. The molecule has 15 heavy (non-hydrogen) atoms. The maximum Gasteiger partial charge on any atom is 0.522 e. The van der Waals surface area contributed by atoms with Crippen LogP contribution in [-0.4, -0.2) is 45.2 Å². The lowest BCUT2D eigenvalue weighted by Crippen LogP contribution is -2.26. The summed E-state index contributed by atoms with van der Waals surface area (Å²) in [5.74, 6) is 0. The topological polar surface area (TPSA) is 30.5 Å². The molecule has 0 saturated heterocycles. The summed E-state index contributed by atoms with van der Waals surface area (Å²) in [5, 5.41) is 2.66. The van der Waals surface area contributed by atoms with Gasteiger partial charge in [-0.1, -0.05) is 0 Å². The standard InChI is InChI=1S/C8H15ClF3NO2/c1-14-6-7(9)2-3-13-4-5-15-8(10,11)12/h7,13H,2-6H2,1H3. The van der Waals surface area contributed by atoms with Crippen molar-refractivity contribution in [3.05, 3.63) is 0 Å². The van der Waals surface area contributed by atoms with Crippen molar-refractivity contribution in [3.63, 3.8) is 0 Å². The Morgan fingerprint density at radius 1 is 1.33 bits per heavy atom. The Morgan fingerprint density at radius 2 is 2.00 bits per heavy atom. The number of rotatable bonds is 8. The van der Waals surface area contributed by atoms with Crippen LogP contribution in [-0.2, 0) is 9.47 Å². The highest BCUT2D eigenvalue weighted by Crippen LogP contribution is 2.15. The van der Waals surface area contributed by atoms with Crippen LogP contribution in [0.1, 0.15) is 6.42 Å². The van der Waals surface area contributed by atoms with Gasteiger partial charge in [0.05, 0.1) is 18.6 Å². The van der Waals surface area contributed by atoms with Crippen LogP contribution in [0.3, 0.4) is 0 Å². The van der Waals surface area contributed by atoms with E-state index >= 15 is 0 Å². The van der Waals surface area contributed by atoms with E-state index in [1.807, 2.05) is 0 Å². The summed E-state index contributed by atoms with van der Waals surface area (Å²) in [7, 11) is 1.54. The van der Waals surface area contributed by atoms with Gasteiger partial charge in [-0.2, -0.15) is 0 Å². The fraction of sp³-hybridized carbons (Fsp3) is 1.00. The molecule has 0 fully saturated rings. The van der Waals surface area contributed by atoms with Gasteiger partial charge in [-0.3, -0.25) is 4.74 Å². The molecule has 1 unspecified atom stereocenters. The van der Waals surface area contributed by atoms with Crippen LogP contribution < -0.4 is 5.32 Å². The minimum absolute atomic E-state index is 0.119. The second kappa shape index (κ2) is 8.15. The van der Waals surface area contributed by atoms with Crippen molar-refractivity contribution < 1.29 is 22.6 Å². The summed E-state index contributed by atoms with van der Waals surface area (Å²) in [6, 6.07) is 0. The highest BCUT2D eigenvalue weighted by molar-refractivity contribution is 6.20. The van der Waals surface area contributed by atoms with Gasteiger partial charge in [-0.05, 0) is 13.0 Å². The Morgan fingerprint density at radius 3 is 2.53 bits per heavy atom. The molecule has 7 heteroatoms. The number of hydrogen-bond donors (Lipinski definition) is 1. The summed E-state index contributed by atoms with van der Waals surface area (Å²) < 4.78 is 42.9. The molecule has 0 bridgehead atoms. The van der Waals surface area contributed by atoms with E-state index in [9.17, 15) is 13.2 Å². The van der Waals surface area contributed by atoms with Crippen LogP contribution in [0.15, 0.2) is 0 Å². The van der Waals surface area contributed by atoms with E-state index in [1.54, 1.807) is 7.11 Å². The number of alkyl halides is 4. The van der Waals surface area contributed by atoms with Crippen LogP contribution in [0.5, 0.6) is 0 Å². The summed E-state index contributed by atoms with van der Waals surface area (Å²) in [4.78, 5) is 0. The summed E-state index contributed by atoms with van der Waals surface area (Å²) >= 11 is 5.79. The minimum atomic E-state index is -4.55. The second-order valence-electron chi connectivity index (χ2n) is 2.89. The first-order valence-corrected chi connectivity index (χ1v) is 4.93. The third kappa shape index (κ3) is 11.9. The fourth-order valence-corrected chi connectivity index (χ4v) is 1.12. The average Bonchev–Trinajstić information content (AvgIpc) is 2.09. The number of ether oxygens (including phenoxy) is 2. The molecule has 0 heterocycles. The van der Waals surface area contributed by atoms with Gasteiger partial charge >= 0.3 is 6.36 Å². The normalized spacial score (nSPS) is 14.2. The van der Waals surface area contributed by atoms with Crippen LogP contribution in [0.2, 0.25) is 0 Å². The van der Waals surface area contributed by atoms with Gasteiger partial charge in [-0.15, -0.1) is 24.8 Å². The first-order valence-electron chi connectivity index (χ1n) is 4.50. The molecule has 0 spiro atoms. The lowest BCUT2D eigenvalue weighted by atomic mass is 10.3. The molecule has 1 atom stereocenters. The molecule has 0 aliphatic rings. The molecule has 92 valence electrons. The number of nitrogens with one attached hydrogen (secondary N) is 1. The molecule has 0 amide bonds. The fourth-order valence-electron chi connectivity index (χ4n) is 0.887. The van der Waals surface area contributed by atoms with E-state index in [4.69, 9.17) is 16.3 Å². The molecule has 0 aromatic rings. The zero-order valence-electron chi connectivity index (χ0n) is 8.44. The second-order valence-corrected chi connectivity index (χ2v) is 3.50. The highest BCUT2D eigenvalue weighted by atomic mass is 35.5. The summed E-state index contributed by atoms with van der Waals surface area (Å²) in [5.41, 5.74) is 0. The van der Waals surface area contributed by atoms with Gasteiger partial charge in [0, 0.05) is 13.7 Å². The van der Waals surface area contributed by atoms with Crippen LogP contribution in [0.25, 0.3) is 0 Å². The molecular weight excluding hydrogens is 235 g/mol. The van der Waals surface area contributed by atoms with E-state index in [2.05, 4.69) is 10.1 Å². The highest BCUT2D eigenvalue weighted by Gasteiger charge is 2.28. The SMILES string of the molecule is COCC(Cl)CCNCCOC(F)(F)F. The first kappa shape index (κ1) is 15.0. The quantitative estimate of drug-likeness (QED) is 0.525. The predicted molar refractivity (Wildman–Crippen MR) is 51.0 cm³/mol. The van der Waals surface area contributed by atoms with Crippen LogP contribution in [0, 0.1) is 0 Å². The minimum Gasteiger partial charge on any atom is -0.383 e. The van der Waals surface area contributed by atoms with Gasteiger partial charge in [0.1, 0.15) is 0 Å². The van der Waals surface area contributed by atoms with Crippen LogP contribution in [0.4, 0.5) is 13.2 Å². The Hall–Kier alpha value is -0.0400. The molecule has 0 aromatic heterocycles. The van der Waals surface area contributed by atoms with Gasteiger partial charge in [0.15, 0.2) is 0 Å². The Balaban J connectivity index is 3.18. The van der Waals surface area contributed by atoms with Crippen molar-refractivity contribution in [2.75, 3.05) is 33.4 Å².